The predicted molar refractivity (Wildman–Crippen MR) is 219 cm³/mol. The monoisotopic (exact) mass is 895 g/mol. The van der Waals surface area contributed by atoms with Gasteiger partial charge in [-0.3, -0.25) is 14.4 Å². The van der Waals surface area contributed by atoms with Crippen LogP contribution in [0.4, 0.5) is 9.59 Å². The Morgan fingerprint density at radius 1 is 0.969 bits per heavy atom. The number of carbonyl (C=O) groups is 7. The number of allylic oxidation sites excluding steroid dienone is 1. The molecule has 5 fully saturated rings. The fourth-order valence-electron chi connectivity index (χ4n) is 10.5. The predicted octanol–water partition coefficient (Wildman–Crippen LogP) is 3.97. The Morgan fingerprint density at radius 3 is 2.19 bits per heavy atom. The number of benzene rings is 1. The van der Waals surface area contributed by atoms with E-state index in [1.165, 1.54) is 32.1 Å². The Morgan fingerprint density at radius 2 is 1.62 bits per heavy atom. The number of hydrogen-bond acceptors (Lipinski definition) is 17. The second kappa shape index (κ2) is 16.3. The van der Waals surface area contributed by atoms with Gasteiger partial charge in [0.15, 0.2) is 41.9 Å². The summed E-state index contributed by atoms with van der Waals surface area (Å²) >= 11 is 0. The highest BCUT2D eigenvalue weighted by atomic mass is 16.8. The van der Waals surface area contributed by atoms with Crippen molar-refractivity contribution in [1.29, 1.82) is 0 Å². The van der Waals surface area contributed by atoms with Crippen LogP contribution < -0.4 is 5.32 Å². The summed E-state index contributed by atoms with van der Waals surface area (Å²) in [7, 11) is 0. The SMILES string of the molecule is CC(=O)O[C@@]12CO[C@@H]1C[C@H](O)[C@@]1(C)C(=O)[C@H](OC(=O)C3CC3)C3=C(C)[C@@H](OC(=O)[C@H](O)[C@H](C=C(C)C)NC(=O)OC(C)(C)C)[C@@H]4OC(=O)O[C@]4(C(OC(=O)c4ccccc4)C12)C3(C)C. The van der Waals surface area contributed by atoms with Crippen LogP contribution in [0.3, 0.4) is 0 Å². The van der Waals surface area contributed by atoms with E-state index in [9.17, 15) is 39.0 Å². The van der Waals surface area contributed by atoms with E-state index < -0.39 is 130 Å². The molecule has 18 nitrogen and oxygen atoms in total. The van der Waals surface area contributed by atoms with Crippen LogP contribution in [0.1, 0.15) is 98.9 Å². The lowest BCUT2D eigenvalue weighted by atomic mass is 9.44. The molecule has 4 aliphatic carbocycles. The van der Waals surface area contributed by atoms with Crippen molar-refractivity contribution in [1.82, 2.24) is 5.32 Å². The molecule has 348 valence electrons. The van der Waals surface area contributed by atoms with Crippen molar-refractivity contribution in [2.75, 3.05) is 6.61 Å². The first-order chi connectivity index (χ1) is 29.8. The Bertz CT molecular complexity index is 2180. The summed E-state index contributed by atoms with van der Waals surface area (Å²) in [5.74, 6) is -6.91. The number of fused-ring (bicyclic) bond motifs is 4. The molecule has 3 saturated carbocycles. The first-order valence-electron chi connectivity index (χ1n) is 21.4. The first kappa shape index (κ1) is 46.7. The third-order valence-electron chi connectivity index (χ3n) is 13.5. The number of aliphatic hydroxyl groups is 2. The van der Waals surface area contributed by atoms with Gasteiger partial charge in [-0.05, 0) is 84.6 Å². The van der Waals surface area contributed by atoms with Crippen molar-refractivity contribution in [3.63, 3.8) is 0 Å². The van der Waals surface area contributed by atoms with Gasteiger partial charge in [0.2, 0.25) is 5.60 Å². The summed E-state index contributed by atoms with van der Waals surface area (Å²) in [5, 5.41) is 26.4. The number of carbonyl (C=O) groups excluding carboxylic acids is 7. The number of nitrogens with one attached hydrogen (secondary N) is 1. The third kappa shape index (κ3) is 7.63. The molecule has 1 aromatic rings. The topological polar surface area (TPSA) is 246 Å². The van der Waals surface area contributed by atoms with Crippen LogP contribution in [0, 0.1) is 22.7 Å². The Balaban J connectivity index is 1.47. The lowest BCUT2D eigenvalue weighted by Crippen LogP contribution is -2.83. The summed E-state index contributed by atoms with van der Waals surface area (Å²) < 4.78 is 48.7. The molecule has 2 aliphatic heterocycles. The molecule has 0 radical (unpaired) electrons. The molecule has 64 heavy (non-hydrogen) atoms. The van der Waals surface area contributed by atoms with Crippen molar-refractivity contribution in [2.45, 2.75) is 154 Å². The number of amides is 1. The number of ketones is 1. The van der Waals surface area contributed by atoms with E-state index in [1.54, 1.807) is 66.7 Å². The summed E-state index contributed by atoms with van der Waals surface area (Å²) in [5.41, 5.74) is -8.39. The highest BCUT2D eigenvalue weighted by molar-refractivity contribution is 5.96. The maximum Gasteiger partial charge on any atom is 0.509 e. The van der Waals surface area contributed by atoms with Crippen molar-refractivity contribution in [3.05, 3.63) is 58.7 Å². The number of ether oxygens (including phenoxy) is 8. The Hall–Kier alpha value is -5.33. The van der Waals surface area contributed by atoms with E-state index >= 15 is 4.79 Å². The minimum atomic E-state index is -2.37. The Kier molecular flexibility index (Phi) is 11.9. The van der Waals surface area contributed by atoms with Crippen molar-refractivity contribution in [2.24, 2.45) is 22.7 Å². The lowest BCUT2D eigenvalue weighted by molar-refractivity contribution is -0.345. The molecule has 7 rings (SSSR count). The van der Waals surface area contributed by atoms with Gasteiger partial charge in [-0.2, -0.15) is 0 Å². The molecular weight excluding hydrogens is 838 g/mol. The average Bonchev–Trinajstić information content (AvgIpc) is 3.99. The molecule has 3 N–H and O–H groups in total. The highest BCUT2D eigenvalue weighted by Crippen LogP contribution is 2.67. The second-order valence-corrected chi connectivity index (χ2v) is 19.6. The standard InChI is InChI=1S/C46H57NO17/c1-21(2)18-26(47-40(55)63-42(5,6)7)30(50)39(54)58-31-22(3)29-32(59-37(52)25-16-17-25)34(51)44(10)27(49)19-28-45(20-57-28,62-23(4)48)33(44)36(60-38(53)24-14-12-11-13-15-24)46(43(29,8)9)35(31)61-41(56)64-46/h11-15,18,25-28,30-33,35-36,49-50H,16-17,19-20H2,1-10H3,(H,47,55)/t26-,27-,28+,30+,31+,32+,33?,35-,36?,44+,45-,46+/m0/s1. The molecule has 2 heterocycles. The quantitative estimate of drug-likeness (QED) is 0.171. The lowest BCUT2D eigenvalue weighted by Gasteiger charge is -2.67. The van der Waals surface area contributed by atoms with E-state index in [0.717, 1.165) is 6.92 Å². The number of alkyl carbamates (subject to hydrolysis) is 1. The second-order valence-electron chi connectivity index (χ2n) is 19.6. The van der Waals surface area contributed by atoms with Crippen LogP contribution >= 0.6 is 0 Å². The summed E-state index contributed by atoms with van der Waals surface area (Å²) in [6.45, 7) is 15.0. The van der Waals surface area contributed by atoms with Crippen molar-refractivity contribution >= 4 is 41.9 Å². The van der Waals surface area contributed by atoms with Crippen LogP contribution in [0.15, 0.2) is 53.1 Å². The molecule has 1 amide bonds. The van der Waals surface area contributed by atoms with Crippen molar-refractivity contribution in [3.8, 4) is 0 Å². The zero-order chi connectivity index (χ0) is 47.1. The molecule has 2 bridgehead atoms. The number of aliphatic hydroxyl groups excluding tert-OH is 2. The summed E-state index contributed by atoms with van der Waals surface area (Å²) in [6.07, 6.45) is -12.3. The number of esters is 4. The van der Waals surface area contributed by atoms with Crippen LogP contribution in [-0.2, 0) is 57.1 Å². The van der Waals surface area contributed by atoms with Gasteiger partial charge in [-0.25, -0.2) is 19.2 Å². The third-order valence-corrected chi connectivity index (χ3v) is 13.5. The van der Waals surface area contributed by atoms with Crippen LogP contribution in [0.2, 0.25) is 0 Å². The van der Waals surface area contributed by atoms with Gasteiger partial charge in [0.25, 0.3) is 0 Å². The van der Waals surface area contributed by atoms with Crippen LogP contribution in [0.5, 0.6) is 0 Å². The molecular formula is C46H57NO17. The van der Waals surface area contributed by atoms with E-state index in [-0.39, 0.29) is 29.7 Å². The molecule has 12 atom stereocenters. The summed E-state index contributed by atoms with van der Waals surface area (Å²) in [6, 6.07) is 6.33. The molecule has 2 unspecified atom stereocenters. The minimum Gasteiger partial charge on any atom is -0.454 e. The molecule has 0 aromatic heterocycles. The maximum atomic E-state index is 15.8. The van der Waals surface area contributed by atoms with Crippen LogP contribution in [0.25, 0.3) is 0 Å². The molecule has 1 aromatic carbocycles. The van der Waals surface area contributed by atoms with Gasteiger partial charge in [0.1, 0.15) is 11.7 Å². The molecule has 6 aliphatic rings. The zero-order valence-corrected chi connectivity index (χ0v) is 37.6. The van der Waals surface area contributed by atoms with E-state index in [0.29, 0.717) is 18.4 Å². The smallest absolute Gasteiger partial charge is 0.454 e. The minimum absolute atomic E-state index is 0.0257. The summed E-state index contributed by atoms with van der Waals surface area (Å²) in [4.78, 5) is 98.6. The fraction of sp³-hybridized carbons (Fsp3) is 0.630. The van der Waals surface area contributed by atoms with Gasteiger partial charge < -0.3 is 53.4 Å². The van der Waals surface area contributed by atoms with Gasteiger partial charge in [0.05, 0.1) is 41.6 Å². The zero-order valence-electron chi connectivity index (χ0n) is 37.6. The van der Waals surface area contributed by atoms with Gasteiger partial charge >= 0.3 is 36.1 Å². The largest absolute Gasteiger partial charge is 0.509 e. The van der Waals surface area contributed by atoms with E-state index in [1.807, 2.05) is 0 Å². The first-order valence-corrected chi connectivity index (χ1v) is 21.4. The van der Waals surface area contributed by atoms with E-state index in [4.69, 9.17) is 37.9 Å². The number of Topliss-reactive ketones (excluding diaryl/α,β-unsaturated/α-hetero) is 1. The molecule has 18 heteroatoms. The Labute approximate surface area is 370 Å². The number of hydrogen-bond donors (Lipinski definition) is 3. The highest BCUT2D eigenvalue weighted by Gasteiger charge is 2.83. The van der Waals surface area contributed by atoms with Gasteiger partial charge in [-0.15, -0.1) is 0 Å². The molecule has 1 spiro atoms. The van der Waals surface area contributed by atoms with Gasteiger partial charge in [0, 0.05) is 18.8 Å². The fourth-order valence-corrected chi connectivity index (χ4v) is 10.5. The maximum absolute atomic E-state index is 15.8. The van der Waals surface area contributed by atoms with E-state index in [2.05, 4.69) is 5.32 Å². The van der Waals surface area contributed by atoms with Gasteiger partial charge in [-0.1, -0.05) is 43.7 Å². The number of rotatable bonds is 10. The normalized spacial score (nSPS) is 34.5. The van der Waals surface area contributed by atoms with Crippen LogP contribution in [-0.4, -0.2) is 124 Å². The van der Waals surface area contributed by atoms with Crippen molar-refractivity contribution < 1.29 is 81.7 Å². The average molecular weight is 896 g/mol. The molecule has 2 saturated heterocycles.